The lowest BCUT2D eigenvalue weighted by Crippen LogP contribution is -2.12. The summed E-state index contributed by atoms with van der Waals surface area (Å²) in [5.74, 6) is -0.332. The molecule has 0 bridgehead atoms. The van der Waals surface area contributed by atoms with E-state index in [0.717, 1.165) is 50.2 Å². The minimum Gasteiger partial charge on any atom is -0.207 e. The van der Waals surface area contributed by atoms with Crippen molar-refractivity contribution in [3.63, 3.8) is 0 Å². The molecule has 194 valence electrons. The molecule has 0 rings (SSSR count). The van der Waals surface area contributed by atoms with Gasteiger partial charge in [0.25, 0.3) is 0 Å². The summed E-state index contributed by atoms with van der Waals surface area (Å²) in [6, 6.07) is 0. The second-order valence-electron chi connectivity index (χ2n) is 10.8. The van der Waals surface area contributed by atoms with Crippen LogP contribution in [0.2, 0.25) is 0 Å². The van der Waals surface area contributed by atoms with Gasteiger partial charge in [0.15, 0.2) is 11.7 Å². The Morgan fingerprint density at radius 3 is 1.35 bits per heavy atom. The van der Waals surface area contributed by atoms with Crippen LogP contribution in [0, 0.1) is 35.5 Å². The van der Waals surface area contributed by atoms with Crippen molar-refractivity contribution in [2.75, 3.05) is 0 Å². The van der Waals surface area contributed by atoms with Crippen LogP contribution in [0.4, 0.5) is 13.2 Å². The Kier molecular flexibility index (Phi) is 15.2. The quantitative estimate of drug-likeness (QED) is 0.182. The van der Waals surface area contributed by atoms with Crippen LogP contribution in [0.5, 0.6) is 0 Å². The zero-order chi connectivity index (χ0) is 26.6. The van der Waals surface area contributed by atoms with E-state index in [1.165, 1.54) is 0 Å². The summed E-state index contributed by atoms with van der Waals surface area (Å²) in [7, 11) is 0. The molecule has 0 amide bonds. The Balaban J connectivity index is 4.63. The summed E-state index contributed by atoms with van der Waals surface area (Å²) >= 11 is 0. The highest BCUT2D eigenvalue weighted by atomic mass is 19.2. The average Bonchev–Trinajstić information content (AvgIpc) is 2.77. The number of rotatable bonds is 17. The molecule has 34 heavy (non-hydrogen) atoms. The van der Waals surface area contributed by atoms with Crippen LogP contribution >= 0.6 is 0 Å². The lowest BCUT2D eigenvalue weighted by atomic mass is 9.82. The summed E-state index contributed by atoms with van der Waals surface area (Å²) < 4.78 is 41.0. The summed E-state index contributed by atoms with van der Waals surface area (Å²) in [5, 5.41) is 0. The van der Waals surface area contributed by atoms with Crippen LogP contribution in [-0.2, 0) is 0 Å². The SMILES string of the molecule is C=C(F)/C(F)=C\C(=C)C(C)CCC(C)C(C)CCC(C)C(=C)/C(F)=C\C(=C)C(C)CCC(C)C. The number of hydrogen-bond acceptors (Lipinski definition) is 0. The van der Waals surface area contributed by atoms with Gasteiger partial charge in [-0.25, -0.2) is 13.2 Å². The number of hydrogen-bond donors (Lipinski definition) is 0. The van der Waals surface area contributed by atoms with Gasteiger partial charge in [0.2, 0.25) is 0 Å². The molecule has 0 aliphatic heterocycles. The number of halogens is 3. The Hall–Kier alpha value is -1.77. The molecule has 5 atom stereocenters. The Bertz CT molecular complexity index is 753. The first-order chi connectivity index (χ1) is 15.7. The fraction of sp³-hybridized carbons (Fsp3) is 0.613. The zero-order valence-corrected chi connectivity index (χ0v) is 22.8. The van der Waals surface area contributed by atoms with Gasteiger partial charge in [-0.3, -0.25) is 0 Å². The maximum atomic E-state index is 14.8. The second kappa shape index (κ2) is 16.0. The molecule has 5 unspecified atom stereocenters. The third-order valence-electron chi connectivity index (χ3n) is 7.31. The minimum atomic E-state index is -1.07. The van der Waals surface area contributed by atoms with E-state index in [9.17, 15) is 13.2 Å². The van der Waals surface area contributed by atoms with E-state index in [4.69, 9.17) is 0 Å². The standard InChI is InChI=1S/C31H49F3/c1-20(2)12-13-23(5)26(8)18-30(33)28(10)25(7)17-16-22(4)21(3)14-15-24(6)27(9)19-31(34)29(11)32/h18-25H,8-17H2,1-7H3/b30-18+,31-19+. The Morgan fingerprint density at radius 2 is 0.941 bits per heavy atom. The van der Waals surface area contributed by atoms with Gasteiger partial charge in [-0.2, -0.15) is 0 Å². The first-order valence-electron chi connectivity index (χ1n) is 12.8. The molecule has 0 spiro atoms. The normalized spacial score (nSPS) is 17.1. The lowest BCUT2D eigenvalue weighted by molar-refractivity contribution is 0.308. The van der Waals surface area contributed by atoms with E-state index in [1.54, 1.807) is 6.08 Å². The third kappa shape index (κ3) is 12.6. The summed E-state index contributed by atoms with van der Waals surface area (Å²) in [6.45, 7) is 29.8. The van der Waals surface area contributed by atoms with E-state index >= 15 is 0 Å². The van der Waals surface area contributed by atoms with Crippen molar-refractivity contribution in [2.45, 2.75) is 87.0 Å². The van der Waals surface area contributed by atoms with Crippen LogP contribution < -0.4 is 0 Å². The molecule has 0 radical (unpaired) electrons. The highest BCUT2D eigenvalue weighted by Gasteiger charge is 2.18. The highest BCUT2D eigenvalue weighted by Crippen LogP contribution is 2.31. The van der Waals surface area contributed by atoms with Crippen LogP contribution in [0.15, 0.2) is 72.7 Å². The van der Waals surface area contributed by atoms with Crippen molar-refractivity contribution in [2.24, 2.45) is 35.5 Å². The van der Waals surface area contributed by atoms with Gasteiger partial charge < -0.3 is 0 Å². The fourth-order valence-electron chi connectivity index (χ4n) is 3.74. The fourth-order valence-corrected chi connectivity index (χ4v) is 3.74. The van der Waals surface area contributed by atoms with E-state index < -0.39 is 11.7 Å². The van der Waals surface area contributed by atoms with Gasteiger partial charge >= 0.3 is 0 Å². The third-order valence-corrected chi connectivity index (χ3v) is 7.31. The van der Waals surface area contributed by atoms with Crippen molar-refractivity contribution in [1.82, 2.24) is 0 Å². The van der Waals surface area contributed by atoms with Crippen molar-refractivity contribution in [3.05, 3.63) is 72.7 Å². The van der Waals surface area contributed by atoms with Crippen LogP contribution in [0.3, 0.4) is 0 Å². The van der Waals surface area contributed by atoms with Crippen molar-refractivity contribution in [3.8, 4) is 0 Å². The smallest absolute Gasteiger partial charge is 0.158 e. The summed E-state index contributed by atoms with van der Waals surface area (Å²) in [6.07, 6.45) is 8.49. The molecule has 0 saturated carbocycles. The Morgan fingerprint density at radius 1 is 0.559 bits per heavy atom. The monoisotopic (exact) mass is 478 g/mol. The molecule has 0 aliphatic rings. The molecule has 0 nitrogen and oxygen atoms in total. The molecule has 0 saturated heterocycles. The first kappa shape index (κ1) is 32.2. The van der Waals surface area contributed by atoms with Gasteiger partial charge in [-0.1, -0.05) is 81.2 Å². The predicted molar refractivity (Wildman–Crippen MR) is 144 cm³/mol. The Labute approximate surface area is 208 Å². The molecule has 0 aliphatic carbocycles. The van der Waals surface area contributed by atoms with E-state index in [0.29, 0.717) is 28.9 Å². The first-order valence-corrected chi connectivity index (χ1v) is 12.8. The van der Waals surface area contributed by atoms with Gasteiger partial charge in [0, 0.05) is 0 Å². The molecule has 0 aromatic heterocycles. The second-order valence-corrected chi connectivity index (χ2v) is 10.8. The van der Waals surface area contributed by atoms with Crippen molar-refractivity contribution >= 4 is 0 Å². The van der Waals surface area contributed by atoms with E-state index in [-0.39, 0.29) is 23.6 Å². The molecule has 0 N–H and O–H groups in total. The largest absolute Gasteiger partial charge is 0.207 e. The van der Waals surface area contributed by atoms with E-state index in [1.807, 2.05) is 13.8 Å². The molecule has 0 aromatic carbocycles. The average molecular weight is 479 g/mol. The topological polar surface area (TPSA) is 0 Å². The highest BCUT2D eigenvalue weighted by molar-refractivity contribution is 5.32. The zero-order valence-electron chi connectivity index (χ0n) is 22.8. The van der Waals surface area contributed by atoms with Gasteiger partial charge in [-0.15, -0.1) is 0 Å². The number of allylic oxidation sites excluding steroid dienone is 8. The summed E-state index contributed by atoms with van der Waals surface area (Å²) in [5.41, 5.74) is 1.95. The van der Waals surface area contributed by atoms with Gasteiger partial charge in [0.1, 0.15) is 5.83 Å². The van der Waals surface area contributed by atoms with Gasteiger partial charge in [0.05, 0.1) is 0 Å². The minimum absolute atomic E-state index is 0.0604. The maximum Gasteiger partial charge on any atom is 0.158 e. The molecule has 0 fully saturated rings. The maximum absolute atomic E-state index is 14.8. The summed E-state index contributed by atoms with van der Waals surface area (Å²) in [4.78, 5) is 0. The van der Waals surface area contributed by atoms with Crippen LogP contribution in [-0.4, -0.2) is 0 Å². The van der Waals surface area contributed by atoms with Crippen molar-refractivity contribution < 1.29 is 13.2 Å². The lowest BCUT2D eigenvalue weighted by Gasteiger charge is -2.24. The van der Waals surface area contributed by atoms with Crippen LogP contribution in [0.1, 0.15) is 87.0 Å². The molecule has 3 heteroatoms. The predicted octanol–water partition coefficient (Wildman–Crippen LogP) is 11.0. The van der Waals surface area contributed by atoms with Gasteiger partial charge in [-0.05, 0) is 96.5 Å². The molecule has 0 aromatic rings. The molecular formula is C31H49F3. The van der Waals surface area contributed by atoms with Crippen molar-refractivity contribution in [1.29, 1.82) is 0 Å². The van der Waals surface area contributed by atoms with E-state index in [2.05, 4.69) is 60.9 Å². The molecule has 0 heterocycles. The molecular weight excluding hydrogens is 429 g/mol. The van der Waals surface area contributed by atoms with Crippen LogP contribution in [0.25, 0.3) is 0 Å².